The normalized spacial score (nSPS) is 16.0. The number of hydrogen-bond acceptors (Lipinski definition) is 3. The highest BCUT2D eigenvalue weighted by molar-refractivity contribution is 5.82. The molecular formula is C18H26N2O. The molecule has 0 unspecified atom stereocenters. The van der Waals surface area contributed by atoms with Crippen LogP contribution in [0.2, 0.25) is 0 Å². The van der Waals surface area contributed by atoms with Gasteiger partial charge in [0.05, 0.1) is 6.54 Å². The lowest BCUT2D eigenvalue weighted by molar-refractivity contribution is 0.143. The monoisotopic (exact) mass is 286 g/mol. The molecule has 1 N–H and O–H groups in total. The Morgan fingerprint density at radius 1 is 1.29 bits per heavy atom. The van der Waals surface area contributed by atoms with Gasteiger partial charge in [0.1, 0.15) is 11.3 Å². The zero-order valence-electron chi connectivity index (χ0n) is 13.4. The summed E-state index contributed by atoms with van der Waals surface area (Å²) in [6, 6.07) is 9.60. The largest absolute Gasteiger partial charge is 0.459 e. The van der Waals surface area contributed by atoms with Crippen LogP contribution in [0.5, 0.6) is 0 Å². The molecule has 0 bridgehead atoms. The Morgan fingerprint density at radius 2 is 2.05 bits per heavy atom. The van der Waals surface area contributed by atoms with Gasteiger partial charge in [-0.2, -0.15) is 0 Å². The van der Waals surface area contributed by atoms with Crippen molar-refractivity contribution in [3.05, 3.63) is 35.6 Å². The molecule has 1 saturated carbocycles. The summed E-state index contributed by atoms with van der Waals surface area (Å²) in [6.45, 7) is 6.15. The molecule has 1 fully saturated rings. The number of rotatable bonds is 6. The average molecular weight is 286 g/mol. The van der Waals surface area contributed by atoms with Gasteiger partial charge in [0.15, 0.2) is 0 Å². The van der Waals surface area contributed by atoms with E-state index in [0.717, 1.165) is 30.5 Å². The molecule has 3 nitrogen and oxygen atoms in total. The maximum absolute atomic E-state index is 6.14. The lowest BCUT2D eigenvalue weighted by Gasteiger charge is -2.34. The van der Waals surface area contributed by atoms with E-state index in [9.17, 15) is 0 Å². The molecule has 2 aromatic rings. The van der Waals surface area contributed by atoms with Crippen LogP contribution < -0.4 is 5.32 Å². The SMILES string of the molecule is CC(C)NCc1c(CN(C)C2CCC2)oc2ccccc12. The van der Waals surface area contributed by atoms with E-state index in [-0.39, 0.29) is 0 Å². The summed E-state index contributed by atoms with van der Waals surface area (Å²) in [6.07, 6.45) is 4.03. The second kappa shape index (κ2) is 6.20. The minimum absolute atomic E-state index is 0.482. The first-order valence-electron chi connectivity index (χ1n) is 8.08. The summed E-state index contributed by atoms with van der Waals surface area (Å²) in [5.41, 5.74) is 2.33. The van der Waals surface area contributed by atoms with Gasteiger partial charge in [0.25, 0.3) is 0 Å². The summed E-state index contributed by atoms with van der Waals surface area (Å²) in [5, 5.41) is 4.78. The Balaban J connectivity index is 1.86. The van der Waals surface area contributed by atoms with E-state index in [2.05, 4.69) is 49.3 Å². The predicted molar refractivity (Wildman–Crippen MR) is 87.3 cm³/mol. The molecule has 1 aromatic carbocycles. The smallest absolute Gasteiger partial charge is 0.134 e. The van der Waals surface area contributed by atoms with Gasteiger partial charge >= 0.3 is 0 Å². The van der Waals surface area contributed by atoms with Gasteiger partial charge in [-0.3, -0.25) is 4.90 Å². The number of nitrogens with zero attached hydrogens (tertiary/aromatic N) is 1. The van der Waals surface area contributed by atoms with E-state index in [0.29, 0.717) is 6.04 Å². The maximum Gasteiger partial charge on any atom is 0.134 e. The molecule has 1 aromatic heterocycles. The predicted octanol–water partition coefficient (Wildman–Crippen LogP) is 3.92. The number of benzene rings is 1. The van der Waals surface area contributed by atoms with Gasteiger partial charge in [0, 0.05) is 29.6 Å². The third kappa shape index (κ3) is 3.14. The quantitative estimate of drug-likeness (QED) is 0.872. The minimum Gasteiger partial charge on any atom is -0.459 e. The first kappa shape index (κ1) is 14.6. The molecular weight excluding hydrogens is 260 g/mol. The lowest BCUT2D eigenvalue weighted by atomic mass is 9.92. The van der Waals surface area contributed by atoms with E-state index in [4.69, 9.17) is 4.42 Å². The molecule has 114 valence electrons. The second-order valence-corrected chi connectivity index (χ2v) is 6.54. The van der Waals surface area contributed by atoms with Crippen LogP contribution in [0.15, 0.2) is 28.7 Å². The van der Waals surface area contributed by atoms with Crippen LogP contribution in [0, 0.1) is 0 Å². The van der Waals surface area contributed by atoms with Crippen molar-refractivity contribution in [3.8, 4) is 0 Å². The molecule has 0 radical (unpaired) electrons. The average Bonchev–Trinajstić information content (AvgIpc) is 2.71. The van der Waals surface area contributed by atoms with Crippen LogP contribution >= 0.6 is 0 Å². The number of nitrogens with one attached hydrogen (secondary N) is 1. The first-order chi connectivity index (χ1) is 10.1. The Morgan fingerprint density at radius 3 is 2.71 bits per heavy atom. The van der Waals surface area contributed by atoms with Crippen molar-refractivity contribution in [1.82, 2.24) is 10.2 Å². The highest BCUT2D eigenvalue weighted by Gasteiger charge is 2.24. The molecule has 1 aliphatic rings. The van der Waals surface area contributed by atoms with E-state index in [1.165, 1.54) is 30.2 Å². The fourth-order valence-corrected chi connectivity index (χ4v) is 2.96. The second-order valence-electron chi connectivity index (χ2n) is 6.54. The standard InChI is InChI=1S/C18H26N2O/c1-13(2)19-11-16-15-9-4-5-10-17(15)21-18(16)12-20(3)14-7-6-8-14/h4-5,9-10,13-14,19H,6-8,11-12H2,1-3H3. The molecule has 0 atom stereocenters. The molecule has 0 aliphatic heterocycles. The van der Waals surface area contributed by atoms with Crippen molar-refractivity contribution < 1.29 is 4.42 Å². The fraction of sp³-hybridized carbons (Fsp3) is 0.556. The Labute approximate surface area is 127 Å². The van der Waals surface area contributed by atoms with Crippen LogP contribution in [0.1, 0.15) is 44.4 Å². The van der Waals surface area contributed by atoms with Crippen molar-refractivity contribution in [3.63, 3.8) is 0 Å². The highest BCUT2D eigenvalue weighted by atomic mass is 16.3. The molecule has 1 heterocycles. The van der Waals surface area contributed by atoms with Gasteiger partial charge in [-0.1, -0.05) is 38.5 Å². The summed E-state index contributed by atoms with van der Waals surface area (Å²) < 4.78 is 6.14. The Hall–Kier alpha value is -1.32. The van der Waals surface area contributed by atoms with Crippen molar-refractivity contribution in [2.75, 3.05) is 7.05 Å². The number of furan rings is 1. The third-order valence-corrected chi connectivity index (χ3v) is 4.56. The molecule has 0 saturated heterocycles. The third-order valence-electron chi connectivity index (χ3n) is 4.56. The van der Waals surface area contributed by atoms with Gasteiger partial charge in [-0.05, 0) is 26.0 Å². The van der Waals surface area contributed by atoms with Crippen LogP contribution in [0.3, 0.4) is 0 Å². The highest BCUT2D eigenvalue weighted by Crippen LogP contribution is 2.30. The summed E-state index contributed by atoms with van der Waals surface area (Å²) >= 11 is 0. The summed E-state index contributed by atoms with van der Waals surface area (Å²) in [5.74, 6) is 1.12. The molecule has 3 rings (SSSR count). The maximum atomic E-state index is 6.14. The molecule has 3 heteroatoms. The van der Waals surface area contributed by atoms with Crippen molar-refractivity contribution in [2.45, 2.75) is 58.3 Å². The molecule has 1 aliphatic carbocycles. The Bertz CT molecular complexity index is 598. The number of para-hydroxylation sites is 1. The van der Waals surface area contributed by atoms with E-state index < -0.39 is 0 Å². The fourth-order valence-electron chi connectivity index (χ4n) is 2.96. The van der Waals surface area contributed by atoms with Crippen LogP contribution in [-0.2, 0) is 13.1 Å². The zero-order valence-corrected chi connectivity index (χ0v) is 13.4. The van der Waals surface area contributed by atoms with Gasteiger partial charge in [0.2, 0.25) is 0 Å². The summed E-state index contributed by atoms with van der Waals surface area (Å²) in [7, 11) is 2.22. The minimum atomic E-state index is 0.482. The van der Waals surface area contributed by atoms with Crippen LogP contribution in [0.25, 0.3) is 11.0 Å². The van der Waals surface area contributed by atoms with Gasteiger partial charge in [-0.25, -0.2) is 0 Å². The van der Waals surface area contributed by atoms with Gasteiger partial charge in [-0.15, -0.1) is 0 Å². The van der Waals surface area contributed by atoms with E-state index >= 15 is 0 Å². The molecule has 0 amide bonds. The first-order valence-corrected chi connectivity index (χ1v) is 8.08. The van der Waals surface area contributed by atoms with Crippen molar-refractivity contribution in [1.29, 1.82) is 0 Å². The topological polar surface area (TPSA) is 28.4 Å². The molecule has 21 heavy (non-hydrogen) atoms. The number of fused-ring (bicyclic) bond motifs is 1. The zero-order chi connectivity index (χ0) is 14.8. The van der Waals surface area contributed by atoms with E-state index in [1.54, 1.807) is 0 Å². The van der Waals surface area contributed by atoms with Crippen LogP contribution in [0.4, 0.5) is 0 Å². The molecule has 0 spiro atoms. The van der Waals surface area contributed by atoms with Crippen LogP contribution in [-0.4, -0.2) is 24.0 Å². The van der Waals surface area contributed by atoms with Crippen molar-refractivity contribution in [2.24, 2.45) is 0 Å². The lowest BCUT2D eigenvalue weighted by Crippen LogP contribution is -2.36. The van der Waals surface area contributed by atoms with E-state index in [1.807, 2.05) is 6.07 Å². The van der Waals surface area contributed by atoms with Crippen molar-refractivity contribution >= 4 is 11.0 Å². The van der Waals surface area contributed by atoms with Gasteiger partial charge < -0.3 is 9.73 Å². The Kier molecular flexibility index (Phi) is 4.32. The summed E-state index contributed by atoms with van der Waals surface area (Å²) in [4.78, 5) is 2.44. The number of hydrogen-bond donors (Lipinski definition) is 1.